The van der Waals surface area contributed by atoms with Gasteiger partial charge in [0.15, 0.2) is 0 Å². The van der Waals surface area contributed by atoms with Crippen molar-refractivity contribution in [3.63, 3.8) is 0 Å². The molecule has 318 valence electrons. The molecule has 0 radical (unpaired) electrons. The van der Waals surface area contributed by atoms with Gasteiger partial charge in [0.2, 0.25) is 11.8 Å². The van der Waals surface area contributed by atoms with E-state index in [1.807, 2.05) is 0 Å². The van der Waals surface area contributed by atoms with Crippen molar-refractivity contribution in [3.05, 3.63) is 24.3 Å². The van der Waals surface area contributed by atoms with Gasteiger partial charge in [-0.1, -0.05) is 0 Å². The molecule has 0 unspecified atom stereocenters. The predicted molar refractivity (Wildman–Crippen MR) is 197 cm³/mol. The molecule has 0 saturated carbocycles. The van der Waals surface area contributed by atoms with Crippen LogP contribution in [0, 0.1) is 0 Å². The van der Waals surface area contributed by atoms with Crippen molar-refractivity contribution < 1.29 is 81.1 Å². The number of ether oxygens (including phenoxy) is 13. The highest BCUT2D eigenvalue weighted by Gasteiger charge is 2.03. The second-order valence-corrected chi connectivity index (χ2v) is 11.0. The van der Waals surface area contributed by atoms with Crippen LogP contribution in [-0.4, -0.2) is 195 Å². The van der Waals surface area contributed by atoms with Crippen LogP contribution in [0.1, 0.15) is 6.92 Å². The van der Waals surface area contributed by atoms with Crippen LogP contribution in [0.25, 0.3) is 0 Å². The molecule has 0 atom stereocenters. The Morgan fingerprint density at radius 3 is 1.11 bits per heavy atom. The lowest BCUT2D eigenvalue weighted by atomic mass is 10.3. The molecule has 0 bridgehead atoms. The number of aliphatic carboxylic acids is 1. The Morgan fingerprint density at radius 2 is 0.782 bits per heavy atom. The van der Waals surface area contributed by atoms with Gasteiger partial charge in [-0.25, -0.2) is 4.79 Å². The SMILES string of the molecule is CC(=O)Nc1ccc(OCCOCCOCCOCCOCCOCCOCCOCCOCCOCCOCCOCCNC(=O)COCC(=O)O)cc1. The first-order valence-electron chi connectivity index (χ1n) is 18.4. The number of benzene rings is 1. The quantitative estimate of drug-likeness (QED) is 0.0765. The summed E-state index contributed by atoms with van der Waals surface area (Å²) in [5.41, 5.74) is 0.724. The van der Waals surface area contributed by atoms with Crippen LogP contribution in [0.2, 0.25) is 0 Å². The third kappa shape index (κ3) is 37.6. The highest BCUT2D eigenvalue weighted by atomic mass is 16.6. The third-order valence-corrected chi connectivity index (χ3v) is 6.42. The molecule has 19 heteroatoms. The van der Waals surface area contributed by atoms with E-state index in [1.54, 1.807) is 24.3 Å². The number of rotatable bonds is 42. The average molecular weight is 795 g/mol. The van der Waals surface area contributed by atoms with Crippen LogP contribution in [0.5, 0.6) is 5.75 Å². The highest BCUT2D eigenvalue weighted by molar-refractivity contribution is 5.88. The number of nitrogens with one attached hydrogen (secondary N) is 2. The maximum absolute atomic E-state index is 11.4. The van der Waals surface area contributed by atoms with E-state index in [0.717, 1.165) is 5.69 Å². The van der Waals surface area contributed by atoms with Crippen molar-refractivity contribution in [2.75, 3.05) is 177 Å². The topological polar surface area (TPSA) is 215 Å². The van der Waals surface area contributed by atoms with Crippen LogP contribution in [0.3, 0.4) is 0 Å². The van der Waals surface area contributed by atoms with E-state index in [-0.39, 0.29) is 12.5 Å². The Labute approximate surface area is 323 Å². The molecule has 19 nitrogen and oxygen atoms in total. The number of hydrogen-bond donors (Lipinski definition) is 3. The summed E-state index contributed by atoms with van der Waals surface area (Å²) >= 11 is 0. The zero-order chi connectivity index (χ0) is 39.7. The normalized spacial score (nSPS) is 11.1. The molecule has 0 heterocycles. The maximum atomic E-state index is 11.4. The summed E-state index contributed by atoms with van der Waals surface area (Å²) in [6.07, 6.45) is 0. The zero-order valence-electron chi connectivity index (χ0n) is 32.2. The summed E-state index contributed by atoms with van der Waals surface area (Å²) in [4.78, 5) is 32.7. The molecule has 0 spiro atoms. The first kappa shape index (κ1) is 50.0. The lowest BCUT2D eigenvalue weighted by molar-refractivity contribution is -0.143. The molecule has 0 fully saturated rings. The summed E-state index contributed by atoms with van der Waals surface area (Å²) in [6.45, 7) is 11.3. The largest absolute Gasteiger partial charge is 0.491 e. The molecule has 1 aromatic carbocycles. The fourth-order valence-corrected chi connectivity index (χ4v) is 3.90. The van der Waals surface area contributed by atoms with Gasteiger partial charge in [0.25, 0.3) is 0 Å². The van der Waals surface area contributed by atoms with Gasteiger partial charge in [-0.3, -0.25) is 9.59 Å². The lowest BCUT2D eigenvalue weighted by Crippen LogP contribution is -2.31. The van der Waals surface area contributed by atoms with Gasteiger partial charge >= 0.3 is 5.97 Å². The van der Waals surface area contributed by atoms with E-state index in [1.165, 1.54) is 6.92 Å². The molecular weight excluding hydrogens is 732 g/mol. The standard InChI is InChI=1S/C36H62N2O17/c1-32(39)38-33-2-4-34(5-3-33)55-29-28-53-27-26-52-25-24-51-23-22-50-21-20-49-19-18-48-17-16-47-15-14-46-13-12-45-11-10-44-9-8-43-7-6-37-35(40)30-54-31-36(41)42/h2-5H,6-31H2,1H3,(H,37,40)(H,38,39)(H,41,42). The summed E-state index contributed by atoms with van der Waals surface area (Å²) in [5.74, 6) is -0.936. The molecule has 0 saturated heterocycles. The summed E-state index contributed by atoms with van der Waals surface area (Å²) in [7, 11) is 0. The van der Waals surface area contributed by atoms with Crippen molar-refractivity contribution in [2.45, 2.75) is 6.92 Å². The fraction of sp³-hybridized carbons (Fsp3) is 0.750. The van der Waals surface area contributed by atoms with Crippen molar-refractivity contribution in [1.82, 2.24) is 5.32 Å². The minimum Gasteiger partial charge on any atom is -0.491 e. The minimum atomic E-state index is -1.13. The molecule has 0 aliphatic rings. The maximum Gasteiger partial charge on any atom is 0.329 e. The lowest BCUT2D eigenvalue weighted by Gasteiger charge is -2.09. The van der Waals surface area contributed by atoms with E-state index in [4.69, 9.17) is 61.9 Å². The van der Waals surface area contributed by atoms with Crippen molar-refractivity contribution >= 4 is 23.5 Å². The first-order chi connectivity index (χ1) is 27.0. The van der Waals surface area contributed by atoms with Gasteiger partial charge in [0.05, 0.1) is 145 Å². The van der Waals surface area contributed by atoms with Gasteiger partial charge in [0.1, 0.15) is 25.6 Å². The molecule has 3 N–H and O–H groups in total. The molecule has 1 rings (SSSR count). The molecule has 55 heavy (non-hydrogen) atoms. The number of carbonyl (C=O) groups excluding carboxylic acids is 2. The average Bonchev–Trinajstić information content (AvgIpc) is 3.16. The molecule has 2 amide bonds. The predicted octanol–water partition coefficient (Wildman–Crippen LogP) is 0.424. The van der Waals surface area contributed by atoms with Crippen molar-refractivity contribution in [2.24, 2.45) is 0 Å². The van der Waals surface area contributed by atoms with E-state index in [2.05, 4.69) is 15.4 Å². The van der Waals surface area contributed by atoms with Crippen LogP contribution in [0.15, 0.2) is 24.3 Å². The molecular formula is C36H62N2O17. The Morgan fingerprint density at radius 1 is 0.455 bits per heavy atom. The van der Waals surface area contributed by atoms with Crippen LogP contribution in [0.4, 0.5) is 5.69 Å². The molecule has 0 aliphatic heterocycles. The zero-order valence-corrected chi connectivity index (χ0v) is 32.2. The second kappa shape index (κ2) is 39.2. The summed E-state index contributed by atoms with van der Waals surface area (Å²) < 4.78 is 70.2. The fourth-order valence-electron chi connectivity index (χ4n) is 3.90. The molecule has 1 aromatic rings. The van der Waals surface area contributed by atoms with Crippen LogP contribution >= 0.6 is 0 Å². The van der Waals surface area contributed by atoms with E-state index in [0.29, 0.717) is 164 Å². The van der Waals surface area contributed by atoms with Gasteiger partial charge in [0, 0.05) is 19.2 Å². The van der Waals surface area contributed by atoms with Crippen LogP contribution in [-0.2, 0) is 71.2 Å². The Bertz CT molecular complexity index is 1040. The Hall–Kier alpha value is -3.05. The smallest absolute Gasteiger partial charge is 0.329 e. The van der Waals surface area contributed by atoms with Gasteiger partial charge in [-0.15, -0.1) is 0 Å². The van der Waals surface area contributed by atoms with Gasteiger partial charge in [-0.05, 0) is 24.3 Å². The monoisotopic (exact) mass is 794 g/mol. The van der Waals surface area contributed by atoms with Crippen molar-refractivity contribution in [3.8, 4) is 5.75 Å². The second-order valence-electron chi connectivity index (χ2n) is 11.0. The number of carboxylic acid groups (broad SMARTS) is 1. The Kier molecular flexibility index (Phi) is 35.6. The first-order valence-corrected chi connectivity index (χ1v) is 18.4. The summed E-state index contributed by atoms with van der Waals surface area (Å²) in [5, 5.41) is 13.7. The molecule has 0 aliphatic carbocycles. The third-order valence-electron chi connectivity index (χ3n) is 6.42. The van der Waals surface area contributed by atoms with Gasteiger partial charge < -0.3 is 77.3 Å². The molecule has 0 aromatic heterocycles. The number of carbonyl (C=O) groups is 3. The van der Waals surface area contributed by atoms with E-state index >= 15 is 0 Å². The number of amides is 2. The summed E-state index contributed by atoms with van der Waals surface area (Å²) in [6, 6.07) is 7.15. The number of anilines is 1. The minimum absolute atomic E-state index is 0.115. The van der Waals surface area contributed by atoms with Crippen LogP contribution < -0.4 is 15.4 Å². The Balaban J connectivity index is 1.65. The van der Waals surface area contributed by atoms with Crippen molar-refractivity contribution in [1.29, 1.82) is 0 Å². The van der Waals surface area contributed by atoms with E-state index < -0.39 is 18.5 Å². The number of hydrogen-bond acceptors (Lipinski definition) is 16. The number of carboxylic acids is 1. The van der Waals surface area contributed by atoms with E-state index in [9.17, 15) is 14.4 Å². The van der Waals surface area contributed by atoms with Gasteiger partial charge in [-0.2, -0.15) is 0 Å². The highest BCUT2D eigenvalue weighted by Crippen LogP contribution is 2.15.